The number of carbonyl (C=O) groups excluding carboxylic acids is 1. The number of aliphatic hydroxyl groups is 2. The summed E-state index contributed by atoms with van der Waals surface area (Å²) in [7, 11) is 0. The van der Waals surface area contributed by atoms with E-state index in [1.165, 1.54) is 0 Å². The molecule has 1 saturated carbocycles. The van der Waals surface area contributed by atoms with E-state index in [1.807, 2.05) is 42.5 Å². The Morgan fingerprint density at radius 1 is 1.13 bits per heavy atom. The third-order valence-corrected chi connectivity index (χ3v) is 4.67. The first-order chi connectivity index (χ1) is 11.1. The van der Waals surface area contributed by atoms with Crippen molar-refractivity contribution in [2.24, 2.45) is 0 Å². The van der Waals surface area contributed by atoms with E-state index < -0.39 is 11.7 Å². The Bertz CT molecular complexity index is 692. The highest BCUT2D eigenvalue weighted by Crippen LogP contribution is 2.32. The predicted octanol–water partition coefficient (Wildman–Crippen LogP) is 2.68. The van der Waals surface area contributed by atoms with Crippen molar-refractivity contribution in [3.8, 4) is 0 Å². The molecule has 0 aliphatic heterocycles. The highest BCUT2D eigenvalue weighted by molar-refractivity contribution is 5.83. The summed E-state index contributed by atoms with van der Waals surface area (Å²) in [5.74, 6) is -0.200. The van der Waals surface area contributed by atoms with Crippen molar-refractivity contribution in [1.82, 2.24) is 5.32 Å². The lowest BCUT2D eigenvalue weighted by atomic mass is 9.97. The molecule has 2 aromatic rings. The normalized spacial score (nSPS) is 18.0. The van der Waals surface area contributed by atoms with Gasteiger partial charge in [-0.05, 0) is 35.2 Å². The third-order valence-electron chi connectivity index (χ3n) is 4.67. The molecule has 0 aromatic heterocycles. The summed E-state index contributed by atoms with van der Waals surface area (Å²) in [6.07, 6.45) is 2.70. The Morgan fingerprint density at radius 3 is 2.57 bits per heavy atom. The second kappa shape index (κ2) is 6.69. The Kier molecular flexibility index (Phi) is 4.64. The molecule has 3 N–H and O–H groups in total. The van der Waals surface area contributed by atoms with Crippen molar-refractivity contribution >= 4 is 16.7 Å². The second-order valence-electron chi connectivity index (χ2n) is 6.53. The molecule has 23 heavy (non-hydrogen) atoms. The summed E-state index contributed by atoms with van der Waals surface area (Å²) in [6.45, 7) is 0.160. The van der Waals surface area contributed by atoms with Gasteiger partial charge in [-0.2, -0.15) is 0 Å². The average molecular weight is 313 g/mol. The van der Waals surface area contributed by atoms with Gasteiger partial charge in [0.1, 0.15) is 0 Å². The maximum Gasteiger partial charge on any atom is 0.222 e. The summed E-state index contributed by atoms with van der Waals surface area (Å²) in [6, 6.07) is 13.8. The van der Waals surface area contributed by atoms with Crippen molar-refractivity contribution in [3.05, 3.63) is 48.0 Å². The SMILES string of the molecule is O=C(CC1(O)CCCC1)NC[C@H](O)c1ccc2ccccc2c1. The molecule has 2 aromatic carbocycles. The molecule has 0 saturated heterocycles. The zero-order valence-electron chi connectivity index (χ0n) is 13.2. The summed E-state index contributed by atoms with van der Waals surface area (Å²) in [5, 5.41) is 25.4. The van der Waals surface area contributed by atoms with Gasteiger partial charge in [0.2, 0.25) is 5.91 Å². The van der Waals surface area contributed by atoms with Crippen molar-refractivity contribution in [3.63, 3.8) is 0 Å². The Labute approximate surface area is 136 Å². The molecule has 1 atom stereocenters. The van der Waals surface area contributed by atoms with Gasteiger partial charge in [-0.25, -0.2) is 0 Å². The molecule has 0 bridgehead atoms. The largest absolute Gasteiger partial charge is 0.389 e. The number of aliphatic hydroxyl groups excluding tert-OH is 1. The van der Waals surface area contributed by atoms with E-state index in [9.17, 15) is 15.0 Å². The Hall–Kier alpha value is -1.91. The highest BCUT2D eigenvalue weighted by atomic mass is 16.3. The van der Waals surface area contributed by atoms with Gasteiger partial charge >= 0.3 is 0 Å². The number of nitrogens with one attached hydrogen (secondary N) is 1. The number of hydrogen-bond acceptors (Lipinski definition) is 3. The van der Waals surface area contributed by atoms with Crippen LogP contribution in [0.5, 0.6) is 0 Å². The molecule has 0 unspecified atom stereocenters. The minimum atomic E-state index is -0.849. The second-order valence-corrected chi connectivity index (χ2v) is 6.53. The van der Waals surface area contributed by atoms with Gasteiger partial charge in [0.15, 0.2) is 0 Å². The van der Waals surface area contributed by atoms with Crippen molar-refractivity contribution in [1.29, 1.82) is 0 Å². The number of amides is 1. The van der Waals surface area contributed by atoms with Crippen LogP contribution in [0.4, 0.5) is 0 Å². The molecule has 1 aliphatic rings. The van der Waals surface area contributed by atoms with Gasteiger partial charge in [-0.15, -0.1) is 0 Å². The first-order valence-electron chi connectivity index (χ1n) is 8.22. The summed E-state index contributed by atoms with van der Waals surface area (Å²) >= 11 is 0. The van der Waals surface area contributed by atoms with Crippen LogP contribution in [0.1, 0.15) is 43.8 Å². The molecular formula is C19H23NO3. The minimum absolute atomic E-state index is 0.122. The van der Waals surface area contributed by atoms with Gasteiger partial charge in [-0.1, -0.05) is 49.2 Å². The first kappa shape index (κ1) is 16.0. The van der Waals surface area contributed by atoms with E-state index >= 15 is 0 Å². The van der Waals surface area contributed by atoms with Gasteiger partial charge in [-0.3, -0.25) is 4.79 Å². The van der Waals surface area contributed by atoms with E-state index in [2.05, 4.69) is 5.32 Å². The molecule has 0 spiro atoms. The van der Waals surface area contributed by atoms with E-state index in [0.717, 1.165) is 29.2 Å². The third kappa shape index (κ3) is 3.89. The topological polar surface area (TPSA) is 69.6 Å². The van der Waals surface area contributed by atoms with Crippen LogP contribution in [-0.2, 0) is 4.79 Å². The number of carbonyl (C=O) groups is 1. The van der Waals surface area contributed by atoms with Crippen LogP contribution >= 0.6 is 0 Å². The minimum Gasteiger partial charge on any atom is -0.389 e. The lowest BCUT2D eigenvalue weighted by Gasteiger charge is -2.21. The van der Waals surface area contributed by atoms with Crippen LogP contribution in [0.25, 0.3) is 10.8 Å². The molecule has 122 valence electrons. The summed E-state index contributed by atoms with van der Waals surface area (Å²) in [4.78, 5) is 12.0. The molecular weight excluding hydrogens is 290 g/mol. The van der Waals surface area contributed by atoms with Crippen molar-refractivity contribution in [2.45, 2.75) is 43.8 Å². The number of fused-ring (bicyclic) bond motifs is 1. The van der Waals surface area contributed by atoms with Gasteiger partial charge in [0.05, 0.1) is 18.1 Å². The lowest BCUT2D eigenvalue weighted by Crippen LogP contribution is -2.36. The molecule has 0 radical (unpaired) electrons. The fraction of sp³-hybridized carbons (Fsp3) is 0.421. The summed E-state index contributed by atoms with van der Waals surface area (Å²) < 4.78 is 0. The number of hydrogen-bond donors (Lipinski definition) is 3. The average Bonchev–Trinajstić information content (AvgIpc) is 2.98. The molecule has 4 nitrogen and oxygen atoms in total. The van der Waals surface area contributed by atoms with Crippen molar-refractivity contribution in [2.75, 3.05) is 6.54 Å². The van der Waals surface area contributed by atoms with E-state index in [0.29, 0.717) is 12.8 Å². The standard InChI is InChI=1S/C19H23NO3/c21-17(13-20-18(22)12-19(23)9-3-4-10-19)16-8-7-14-5-1-2-6-15(14)11-16/h1-2,5-8,11,17,21,23H,3-4,9-10,12-13H2,(H,20,22)/t17-/m0/s1. The van der Waals surface area contributed by atoms with Crippen LogP contribution < -0.4 is 5.32 Å². The van der Waals surface area contributed by atoms with Gasteiger partial charge < -0.3 is 15.5 Å². The van der Waals surface area contributed by atoms with Gasteiger partial charge in [0, 0.05) is 6.54 Å². The molecule has 0 heterocycles. The fourth-order valence-corrected chi connectivity index (χ4v) is 3.31. The lowest BCUT2D eigenvalue weighted by molar-refractivity contribution is -0.126. The van der Waals surface area contributed by atoms with Crippen molar-refractivity contribution < 1.29 is 15.0 Å². The molecule has 1 fully saturated rings. The molecule has 4 heteroatoms. The smallest absolute Gasteiger partial charge is 0.222 e. The molecule has 3 rings (SSSR count). The summed E-state index contributed by atoms with van der Waals surface area (Å²) in [5.41, 5.74) is -0.0681. The monoisotopic (exact) mass is 313 g/mol. The molecule has 1 aliphatic carbocycles. The zero-order chi connectivity index (χ0) is 16.3. The molecule has 1 amide bonds. The van der Waals surface area contributed by atoms with E-state index in [1.54, 1.807) is 0 Å². The highest BCUT2D eigenvalue weighted by Gasteiger charge is 2.33. The quantitative estimate of drug-likeness (QED) is 0.795. The maximum absolute atomic E-state index is 12.0. The number of benzene rings is 2. The Balaban J connectivity index is 1.57. The van der Waals surface area contributed by atoms with Crippen LogP contribution in [0, 0.1) is 0 Å². The zero-order valence-corrected chi connectivity index (χ0v) is 13.2. The fourth-order valence-electron chi connectivity index (χ4n) is 3.31. The van der Waals surface area contributed by atoms with Gasteiger partial charge in [0.25, 0.3) is 0 Å². The first-order valence-corrected chi connectivity index (χ1v) is 8.22. The Morgan fingerprint density at radius 2 is 1.83 bits per heavy atom. The van der Waals surface area contributed by atoms with E-state index in [-0.39, 0.29) is 18.9 Å². The van der Waals surface area contributed by atoms with Crippen LogP contribution in [0.15, 0.2) is 42.5 Å². The van der Waals surface area contributed by atoms with Crippen LogP contribution in [-0.4, -0.2) is 28.3 Å². The van der Waals surface area contributed by atoms with Crippen LogP contribution in [0.3, 0.4) is 0 Å². The maximum atomic E-state index is 12.0. The van der Waals surface area contributed by atoms with E-state index in [4.69, 9.17) is 0 Å². The van der Waals surface area contributed by atoms with Crippen LogP contribution in [0.2, 0.25) is 0 Å². The number of rotatable bonds is 5. The predicted molar refractivity (Wildman–Crippen MR) is 90.0 cm³/mol.